The van der Waals surface area contributed by atoms with E-state index in [9.17, 15) is 9.59 Å². The van der Waals surface area contributed by atoms with E-state index < -0.39 is 6.04 Å². The van der Waals surface area contributed by atoms with Crippen LogP contribution in [0.15, 0.2) is 24.5 Å². The number of imide groups is 1. The Hall–Kier alpha value is -2.70. The van der Waals surface area contributed by atoms with Crippen LogP contribution in [0.4, 0.5) is 5.69 Å². The van der Waals surface area contributed by atoms with Gasteiger partial charge in [-0.05, 0) is 25.1 Å². The summed E-state index contributed by atoms with van der Waals surface area (Å²) >= 11 is 0. The van der Waals surface area contributed by atoms with Crippen molar-refractivity contribution in [3.8, 4) is 0 Å². The van der Waals surface area contributed by atoms with Crippen LogP contribution < -0.4 is 5.73 Å². The van der Waals surface area contributed by atoms with Gasteiger partial charge in [-0.15, -0.1) is 10.2 Å². The summed E-state index contributed by atoms with van der Waals surface area (Å²) < 4.78 is 1.68. The normalized spacial score (nSPS) is 15.6. The first-order valence-corrected chi connectivity index (χ1v) is 6.12. The molecule has 1 aliphatic heterocycles. The van der Waals surface area contributed by atoms with Gasteiger partial charge in [0.15, 0.2) is 5.82 Å². The molecule has 0 saturated heterocycles. The second kappa shape index (κ2) is 4.16. The lowest BCUT2D eigenvalue weighted by molar-refractivity contribution is 0.0587. The monoisotopic (exact) mass is 271 g/mol. The van der Waals surface area contributed by atoms with Crippen LogP contribution >= 0.6 is 0 Å². The molecule has 0 radical (unpaired) electrons. The van der Waals surface area contributed by atoms with Gasteiger partial charge in [-0.1, -0.05) is 0 Å². The zero-order valence-electron chi connectivity index (χ0n) is 11.1. The van der Waals surface area contributed by atoms with Crippen LogP contribution in [-0.4, -0.2) is 31.5 Å². The average molecular weight is 271 g/mol. The van der Waals surface area contributed by atoms with Crippen molar-refractivity contribution in [2.75, 3.05) is 5.73 Å². The number of aryl methyl sites for hydroxylation is 1. The number of nitrogens with two attached hydrogens (primary N) is 1. The van der Waals surface area contributed by atoms with E-state index >= 15 is 0 Å². The second-order valence-corrected chi connectivity index (χ2v) is 4.76. The molecule has 2 amide bonds. The molecule has 20 heavy (non-hydrogen) atoms. The van der Waals surface area contributed by atoms with Crippen molar-refractivity contribution in [3.63, 3.8) is 0 Å². The largest absolute Gasteiger partial charge is 0.399 e. The van der Waals surface area contributed by atoms with Gasteiger partial charge in [-0.25, -0.2) is 0 Å². The predicted molar refractivity (Wildman–Crippen MR) is 70.8 cm³/mol. The van der Waals surface area contributed by atoms with Gasteiger partial charge in [-0.3, -0.25) is 14.5 Å². The van der Waals surface area contributed by atoms with Crippen LogP contribution in [0, 0.1) is 0 Å². The highest BCUT2D eigenvalue weighted by molar-refractivity contribution is 6.21. The number of fused-ring (bicyclic) bond motifs is 1. The Bertz CT molecular complexity index is 721. The van der Waals surface area contributed by atoms with E-state index in [2.05, 4.69) is 10.2 Å². The number of amides is 2. The fraction of sp³-hybridized carbons (Fsp3) is 0.231. The number of anilines is 1. The smallest absolute Gasteiger partial charge is 0.262 e. The van der Waals surface area contributed by atoms with Crippen LogP contribution in [-0.2, 0) is 7.05 Å². The standard InChI is InChI=1S/C13H13N5O2/c1-7(11-16-15-6-17(11)2)18-12(19)9-4-3-8(14)5-10(9)13(18)20/h3-7H,14H2,1-2H3. The van der Waals surface area contributed by atoms with Crippen molar-refractivity contribution in [2.45, 2.75) is 13.0 Å². The minimum Gasteiger partial charge on any atom is -0.399 e. The van der Waals surface area contributed by atoms with Gasteiger partial charge in [0.25, 0.3) is 11.8 Å². The Balaban J connectivity index is 2.04. The molecule has 2 N–H and O–H groups in total. The molecule has 1 aromatic carbocycles. The van der Waals surface area contributed by atoms with Crippen molar-refractivity contribution < 1.29 is 9.59 Å². The molecule has 7 nitrogen and oxygen atoms in total. The molecular formula is C13H13N5O2. The Morgan fingerprint density at radius 1 is 1.20 bits per heavy atom. The molecular weight excluding hydrogens is 258 g/mol. The summed E-state index contributed by atoms with van der Waals surface area (Å²) in [5, 5.41) is 7.72. The molecule has 0 aliphatic carbocycles. The van der Waals surface area contributed by atoms with Crippen LogP contribution in [0.1, 0.15) is 39.5 Å². The fourth-order valence-electron chi connectivity index (χ4n) is 2.41. The van der Waals surface area contributed by atoms with Crippen molar-refractivity contribution in [2.24, 2.45) is 7.05 Å². The Morgan fingerprint density at radius 2 is 1.90 bits per heavy atom. The number of nitrogens with zero attached hydrogens (tertiary/aromatic N) is 4. The quantitative estimate of drug-likeness (QED) is 0.642. The lowest BCUT2D eigenvalue weighted by Crippen LogP contribution is -2.33. The zero-order valence-corrected chi connectivity index (χ0v) is 11.1. The molecule has 2 heterocycles. The highest BCUT2D eigenvalue weighted by atomic mass is 16.2. The van der Waals surface area contributed by atoms with Gasteiger partial charge in [-0.2, -0.15) is 0 Å². The van der Waals surface area contributed by atoms with Gasteiger partial charge in [0.2, 0.25) is 0 Å². The van der Waals surface area contributed by atoms with Crippen LogP contribution in [0.5, 0.6) is 0 Å². The first kappa shape index (κ1) is 12.3. The second-order valence-electron chi connectivity index (χ2n) is 4.76. The van der Waals surface area contributed by atoms with Gasteiger partial charge in [0.1, 0.15) is 6.33 Å². The third kappa shape index (κ3) is 1.59. The Morgan fingerprint density at radius 3 is 2.55 bits per heavy atom. The van der Waals surface area contributed by atoms with E-state index in [1.165, 1.54) is 17.3 Å². The van der Waals surface area contributed by atoms with E-state index in [4.69, 9.17) is 5.73 Å². The van der Waals surface area contributed by atoms with Crippen molar-refractivity contribution in [3.05, 3.63) is 41.5 Å². The fourth-order valence-corrected chi connectivity index (χ4v) is 2.41. The van der Waals surface area contributed by atoms with Gasteiger partial charge in [0.05, 0.1) is 17.2 Å². The number of carbonyl (C=O) groups excluding carboxylic acids is 2. The molecule has 0 fully saturated rings. The van der Waals surface area contributed by atoms with Gasteiger partial charge in [0, 0.05) is 12.7 Å². The number of carbonyl (C=O) groups is 2. The minimum absolute atomic E-state index is 0.333. The topological polar surface area (TPSA) is 94.1 Å². The molecule has 3 rings (SSSR count). The molecule has 1 aliphatic rings. The van der Waals surface area contributed by atoms with Gasteiger partial charge < -0.3 is 10.3 Å². The van der Waals surface area contributed by atoms with E-state index in [1.54, 1.807) is 30.7 Å². The van der Waals surface area contributed by atoms with Gasteiger partial charge >= 0.3 is 0 Å². The molecule has 0 spiro atoms. The SMILES string of the molecule is CC(c1nncn1C)N1C(=O)c2ccc(N)cc2C1=O. The third-order valence-electron chi connectivity index (χ3n) is 3.45. The van der Waals surface area contributed by atoms with Crippen molar-refractivity contribution in [1.29, 1.82) is 0 Å². The molecule has 0 bridgehead atoms. The first-order chi connectivity index (χ1) is 9.50. The van der Waals surface area contributed by atoms with Crippen molar-refractivity contribution in [1.82, 2.24) is 19.7 Å². The maximum absolute atomic E-state index is 12.4. The summed E-state index contributed by atoms with van der Waals surface area (Å²) in [4.78, 5) is 26.0. The number of nitrogen functional groups attached to an aromatic ring is 1. The van der Waals surface area contributed by atoms with E-state index in [0.29, 0.717) is 22.6 Å². The predicted octanol–water partition coefficient (Wildman–Crippen LogP) is 0.755. The van der Waals surface area contributed by atoms with Crippen molar-refractivity contribution >= 4 is 17.5 Å². The van der Waals surface area contributed by atoms with Crippen LogP contribution in [0.2, 0.25) is 0 Å². The molecule has 102 valence electrons. The summed E-state index contributed by atoms with van der Waals surface area (Å²) in [6, 6.07) is 4.23. The Labute approximate surface area is 115 Å². The highest BCUT2D eigenvalue weighted by Crippen LogP contribution is 2.31. The molecule has 1 atom stereocenters. The maximum Gasteiger partial charge on any atom is 0.262 e. The number of aromatic nitrogens is 3. The molecule has 1 aromatic heterocycles. The number of hydrogen-bond donors (Lipinski definition) is 1. The zero-order chi connectivity index (χ0) is 14.4. The molecule has 0 saturated carbocycles. The van der Waals surface area contributed by atoms with Crippen LogP contribution in [0.25, 0.3) is 0 Å². The molecule has 7 heteroatoms. The van der Waals surface area contributed by atoms with E-state index in [0.717, 1.165) is 0 Å². The summed E-state index contributed by atoms with van der Waals surface area (Å²) in [5.41, 5.74) is 6.84. The first-order valence-electron chi connectivity index (χ1n) is 6.12. The highest BCUT2D eigenvalue weighted by Gasteiger charge is 2.40. The molecule has 1 unspecified atom stereocenters. The van der Waals surface area contributed by atoms with E-state index in [1.807, 2.05) is 0 Å². The summed E-state index contributed by atoms with van der Waals surface area (Å²) in [5.74, 6) is -0.138. The molecule has 2 aromatic rings. The lowest BCUT2D eigenvalue weighted by Gasteiger charge is -2.21. The third-order valence-corrected chi connectivity index (χ3v) is 3.45. The minimum atomic E-state index is -0.490. The maximum atomic E-state index is 12.4. The number of hydrogen-bond acceptors (Lipinski definition) is 5. The summed E-state index contributed by atoms with van der Waals surface area (Å²) in [7, 11) is 1.77. The number of rotatable bonds is 2. The summed E-state index contributed by atoms with van der Waals surface area (Å²) in [6.07, 6.45) is 1.53. The average Bonchev–Trinajstić information content (AvgIpc) is 2.93. The van der Waals surface area contributed by atoms with E-state index in [-0.39, 0.29) is 11.8 Å². The Kier molecular flexibility index (Phi) is 2.56. The lowest BCUT2D eigenvalue weighted by atomic mass is 10.1. The number of benzene rings is 1. The van der Waals surface area contributed by atoms with Crippen LogP contribution in [0.3, 0.4) is 0 Å². The summed E-state index contributed by atoms with van der Waals surface area (Å²) in [6.45, 7) is 1.75.